The van der Waals surface area contributed by atoms with Crippen molar-refractivity contribution in [3.05, 3.63) is 23.8 Å². The second-order valence-electron chi connectivity index (χ2n) is 9.42. The zero-order valence-electron chi connectivity index (χ0n) is 17.0. The maximum Gasteiger partial charge on any atom is 0.494 e. The SMILES string of the molecule is CC1(C)OB(c2ccc3c(c2)CCCCN3C2CCCCC2)OC1(C)C. The summed E-state index contributed by atoms with van der Waals surface area (Å²) in [5, 5.41) is 0. The third-order valence-electron chi connectivity index (χ3n) is 7.05. The topological polar surface area (TPSA) is 21.7 Å². The maximum absolute atomic E-state index is 6.28. The van der Waals surface area contributed by atoms with Crippen molar-refractivity contribution in [3.8, 4) is 0 Å². The summed E-state index contributed by atoms with van der Waals surface area (Å²) in [6.45, 7) is 9.72. The van der Waals surface area contributed by atoms with Crippen LogP contribution < -0.4 is 10.4 Å². The number of benzene rings is 1. The molecule has 1 aliphatic carbocycles. The lowest BCUT2D eigenvalue weighted by atomic mass is 9.77. The largest absolute Gasteiger partial charge is 0.494 e. The average molecular weight is 355 g/mol. The fourth-order valence-corrected chi connectivity index (χ4v) is 4.70. The van der Waals surface area contributed by atoms with Crippen LogP contribution in [0.3, 0.4) is 0 Å². The van der Waals surface area contributed by atoms with Crippen LogP contribution in [0.2, 0.25) is 0 Å². The van der Waals surface area contributed by atoms with Gasteiger partial charge < -0.3 is 14.2 Å². The number of anilines is 1. The van der Waals surface area contributed by atoms with Crippen molar-refractivity contribution < 1.29 is 9.31 Å². The van der Waals surface area contributed by atoms with Crippen LogP contribution in [0.15, 0.2) is 18.2 Å². The maximum atomic E-state index is 6.28. The molecule has 4 heteroatoms. The normalized spacial score (nSPS) is 25.8. The molecule has 0 amide bonds. The Morgan fingerprint density at radius 2 is 1.62 bits per heavy atom. The third-order valence-corrected chi connectivity index (χ3v) is 7.05. The zero-order valence-corrected chi connectivity index (χ0v) is 17.0. The van der Waals surface area contributed by atoms with Crippen LogP contribution in [-0.4, -0.2) is 30.9 Å². The molecule has 0 atom stereocenters. The summed E-state index contributed by atoms with van der Waals surface area (Å²) in [7, 11) is -0.253. The van der Waals surface area contributed by atoms with E-state index in [2.05, 4.69) is 50.8 Å². The molecule has 142 valence electrons. The van der Waals surface area contributed by atoms with Crippen molar-refractivity contribution in [1.29, 1.82) is 0 Å². The van der Waals surface area contributed by atoms with E-state index in [0.29, 0.717) is 0 Å². The first-order valence-corrected chi connectivity index (χ1v) is 10.6. The Morgan fingerprint density at radius 1 is 0.923 bits per heavy atom. The highest BCUT2D eigenvalue weighted by Crippen LogP contribution is 2.37. The van der Waals surface area contributed by atoms with E-state index in [1.54, 1.807) is 0 Å². The minimum atomic E-state index is -0.279. The molecule has 4 rings (SSSR count). The molecular weight excluding hydrogens is 321 g/mol. The Kier molecular flexibility index (Phi) is 4.85. The van der Waals surface area contributed by atoms with Crippen molar-refractivity contribution in [2.24, 2.45) is 0 Å². The number of hydrogen-bond donors (Lipinski definition) is 0. The average Bonchev–Trinajstić information content (AvgIpc) is 2.76. The zero-order chi connectivity index (χ0) is 18.4. The molecule has 3 aliphatic rings. The van der Waals surface area contributed by atoms with Gasteiger partial charge in [0.1, 0.15) is 0 Å². The summed E-state index contributed by atoms with van der Waals surface area (Å²) >= 11 is 0. The first-order chi connectivity index (χ1) is 12.4. The lowest BCUT2D eigenvalue weighted by Gasteiger charge is -2.36. The first kappa shape index (κ1) is 18.4. The number of rotatable bonds is 2. The second-order valence-corrected chi connectivity index (χ2v) is 9.42. The Labute approximate surface area is 159 Å². The summed E-state index contributed by atoms with van der Waals surface area (Å²) in [5.74, 6) is 0. The Bertz CT molecular complexity index is 636. The molecule has 0 N–H and O–H groups in total. The van der Waals surface area contributed by atoms with Crippen LogP contribution >= 0.6 is 0 Å². The summed E-state index contributed by atoms with van der Waals surface area (Å²) in [5.41, 5.74) is 3.57. The third kappa shape index (κ3) is 3.31. The minimum Gasteiger partial charge on any atom is -0.399 e. The standard InChI is InChI=1S/C22H34BNO2/c1-21(2)22(3,4)26-23(25-21)18-13-14-20-17(16-18)10-8-9-15-24(20)19-11-6-5-7-12-19/h13-14,16,19H,5-12,15H2,1-4H3. The second kappa shape index (κ2) is 6.87. The molecule has 0 unspecified atom stereocenters. The van der Waals surface area contributed by atoms with Gasteiger partial charge in [0.25, 0.3) is 0 Å². The number of nitrogens with zero attached hydrogens (tertiary/aromatic N) is 1. The lowest BCUT2D eigenvalue weighted by Crippen LogP contribution is -2.41. The lowest BCUT2D eigenvalue weighted by molar-refractivity contribution is 0.00578. The summed E-state index contributed by atoms with van der Waals surface area (Å²) in [6, 6.07) is 7.68. The van der Waals surface area contributed by atoms with Gasteiger partial charge in [-0.1, -0.05) is 31.4 Å². The van der Waals surface area contributed by atoms with E-state index in [-0.39, 0.29) is 18.3 Å². The molecule has 1 saturated carbocycles. The van der Waals surface area contributed by atoms with Crippen LogP contribution in [0, 0.1) is 0 Å². The van der Waals surface area contributed by atoms with Gasteiger partial charge in [0.15, 0.2) is 0 Å². The summed E-state index contributed by atoms with van der Waals surface area (Å²) < 4.78 is 12.6. The highest BCUT2D eigenvalue weighted by Gasteiger charge is 2.51. The fourth-order valence-electron chi connectivity index (χ4n) is 4.70. The van der Waals surface area contributed by atoms with Crippen LogP contribution in [0.1, 0.15) is 78.2 Å². The van der Waals surface area contributed by atoms with Crippen molar-refractivity contribution in [1.82, 2.24) is 0 Å². The molecule has 1 aromatic carbocycles. The van der Waals surface area contributed by atoms with Gasteiger partial charge in [-0.25, -0.2) is 0 Å². The van der Waals surface area contributed by atoms with Crippen molar-refractivity contribution >= 4 is 18.3 Å². The minimum absolute atomic E-state index is 0.253. The number of hydrogen-bond acceptors (Lipinski definition) is 3. The van der Waals surface area contributed by atoms with Crippen LogP contribution in [-0.2, 0) is 15.7 Å². The van der Waals surface area contributed by atoms with Crippen molar-refractivity contribution in [3.63, 3.8) is 0 Å². The molecule has 0 aromatic heterocycles. The number of aryl methyl sites for hydroxylation is 1. The van der Waals surface area contributed by atoms with Gasteiger partial charge in [0.2, 0.25) is 0 Å². The first-order valence-electron chi connectivity index (χ1n) is 10.6. The van der Waals surface area contributed by atoms with Gasteiger partial charge in [0.05, 0.1) is 11.2 Å². The van der Waals surface area contributed by atoms with Crippen molar-refractivity contribution in [2.75, 3.05) is 11.4 Å². The molecule has 0 bridgehead atoms. The van der Waals surface area contributed by atoms with Gasteiger partial charge in [-0.15, -0.1) is 0 Å². The van der Waals surface area contributed by atoms with E-state index in [4.69, 9.17) is 9.31 Å². The predicted molar refractivity (Wildman–Crippen MR) is 109 cm³/mol. The fraction of sp³-hybridized carbons (Fsp3) is 0.727. The molecule has 3 nitrogen and oxygen atoms in total. The van der Waals surface area contributed by atoms with Crippen LogP contribution in [0.25, 0.3) is 0 Å². The molecule has 1 aromatic rings. The summed E-state index contributed by atoms with van der Waals surface area (Å²) in [4.78, 5) is 2.72. The molecule has 0 radical (unpaired) electrons. The molecule has 1 saturated heterocycles. The van der Waals surface area contributed by atoms with E-state index < -0.39 is 0 Å². The molecule has 0 spiro atoms. The molecular formula is C22H34BNO2. The molecule has 2 heterocycles. The highest BCUT2D eigenvalue weighted by atomic mass is 16.7. The Hall–Kier alpha value is -0.995. The monoisotopic (exact) mass is 355 g/mol. The van der Waals surface area contributed by atoms with E-state index in [0.717, 1.165) is 6.04 Å². The van der Waals surface area contributed by atoms with Crippen LogP contribution in [0.5, 0.6) is 0 Å². The van der Waals surface area contributed by atoms with Crippen LogP contribution in [0.4, 0.5) is 5.69 Å². The van der Waals surface area contributed by atoms with Gasteiger partial charge in [-0.3, -0.25) is 0 Å². The molecule has 2 fully saturated rings. The summed E-state index contributed by atoms with van der Waals surface area (Å²) in [6.07, 6.45) is 10.7. The highest BCUT2D eigenvalue weighted by molar-refractivity contribution is 6.62. The number of fused-ring (bicyclic) bond motifs is 1. The molecule has 2 aliphatic heterocycles. The smallest absolute Gasteiger partial charge is 0.399 e. The van der Waals surface area contributed by atoms with E-state index in [9.17, 15) is 0 Å². The van der Waals surface area contributed by atoms with E-state index in [1.807, 2.05) is 0 Å². The molecule has 26 heavy (non-hydrogen) atoms. The Morgan fingerprint density at radius 3 is 2.31 bits per heavy atom. The van der Waals surface area contributed by atoms with Gasteiger partial charge in [0, 0.05) is 18.3 Å². The van der Waals surface area contributed by atoms with Gasteiger partial charge >= 0.3 is 7.12 Å². The Balaban J connectivity index is 1.61. The van der Waals surface area contributed by atoms with Gasteiger partial charge in [-0.2, -0.15) is 0 Å². The van der Waals surface area contributed by atoms with Gasteiger partial charge in [-0.05, 0) is 76.9 Å². The van der Waals surface area contributed by atoms with E-state index >= 15 is 0 Å². The predicted octanol–water partition coefficient (Wildman–Crippen LogP) is 4.46. The van der Waals surface area contributed by atoms with E-state index in [1.165, 1.54) is 74.6 Å². The van der Waals surface area contributed by atoms with Crippen molar-refractivity contribution in [2.45, 2.75) is 96.3 Å². The quantitative estimate of drug-likeness (QED) is 0.731.